The van der Waals surface area contributed by atoms with Crippen LogP contribution in [0.25, 0.3) is 11.1 Å². The van der Waals surface area contributed by atoms with Gasteiger partial charge in [0.05, 0.1) is 6.04 Å². The Morgan fingerprint density at radius 2 is 1.77 bits per heavy atom. The van der Waals surface area contributed by atoms with E-state index in [1.54, 1.807) is 31.5 Å². The predicted molar refractivity (Wildman–Crippen MR) is 96.6 cm³/mol. The molecular weight excluding hydrogens is 334 g/mol. The van der Waals surface area contributed by atoms with Crippen molar-refractivity contribution in [1.29, 1.82) is 0 Å². The standard InChI is InChI=1S/C21H18F2N2O/c1-13-12-24-10-9-18(13)15-3-5-16(6-4-15)21(26)25-14(2)17-7-8-19(22)20(23)11-17/h3-12,14H,1-2H3,(H,25,26)/t14-/m0/s1. The number of amides is 1. The van der Waals surface area contributed by atoms with Gasteiger partial charge in [-0.05, 0) is 66.4 Å². The molecule has 26 heavy (non-hydrogen) atoms. The van der Waals surface area contributed by atoms with Crippen molar-refractivity contribution in [2.24, 2.45) is 0 Å². The van der Waals surface area contributed by atoms with Crippen molar-refractivity contribution in [2.45, 2.75) is 19.9 Å². The first-order valence-corrected chi connectivity index (χ1v) is 8.22. The SMILES string of the molecule is Cc1cnccc1-c1ccc(C(=O)N[C@@H](C)c2ccc(F)c(F)c2)cc1. The molecule has 5 heteroatoms. The highest BCUT2D eigenvalue weighted by atomic mass is 19.2. The lowest BCUT2D eigenvalue weighted by Gasteiger charge is -2.15. The largest absolute Gasteiger partial charge is 0.346 e. The van der Waals surface area contributed by atoms with E-state index in [1.165, 1.54) is 6.07 Å². The van der Waals surface area contributed by atoms with Gasteiger partial charge in [0.25, 0.3) is 5.91 Å². The van der Waals surface area contributed by atoms with E-state index in [0.29, 0.717) is 11.1 Å². The van der Waals surface area contributed by atoms with Gasteiger partial charge in [-0.15, -0.1) is 0 Å². The number of aryl methyl sites for hydroxylation is 1. The van der Waals surface area contributed by atoms with Gasteiger partial charge in [0.2, 0.25) is 0 Å². The second-order valence-corrected chi connectivity index (χ2v) is 6.14. The van der Waals surface area contributed by atoms with Gasteiger partial charge in [-0.2, -0.15) is 0 Å². The van der Waals surface area contributed by atoms with E-state index in [0.717, 1.165) is 28.8 Å². The van der Waals surface area contributed by atoms with Crippen molar-refractivity contribution < 1.29 is 13.6 Å². The summed E-state index contributed by atoms with van der Waals surface area (Å²) in [7, 11) is 0. The van der Waals surface area contributed by atoms with Crippen molar-refractivity contribution >= 4 is 5.91 Å². The summed E-state index contributed by atoms with van der Waals surface area (Å²) < 4.78 is 26.4. The molecule has 1 N–H and O–H groups in total. The molecule has 0 unspecified atom stereocenters. The number of carbonyl (C=O) groups excluding carboxylic acids is 1. The molecule has 0 aliphatic rings. The second kappa shape index (κ2) is 7.44. The lowest BCUT2D eigenvalue weighted by molar-refractivity contribution is 0.0940. The number of rotatable bonds is 4. The van der Waals surface area contributed by atoms with Crippen molar-refractivity contribution in [1.82, 2.24) is 10.3 Å². The number of benzene rings is 2. The first kappa shape index (κ1) is 17.7. The van der Waals surface area contributed by atoms with Crippen molar-refractivity contribution in [2.75, 3.05) is 0 Å². The highest BCUT2D eigenvalue weighted by Gasteiger charge is 2.13. The number of halogens is 2. The second-order valence-electron chi connectivity index (χ2n) is 6.14. The van der Waals surface area contributed by atoms with Crippen LogP contribution >= 0.6 is 0 Å². The van der Waals surface area contributed by atoms with E-state index >= 15 is 0 Å². The lowest BCUT2D eigenvalue weighted by Crippen LogP contribution is -2.26. The molecule has 1 amide bonds. The minimum atomic E-state index is -0.930. The Hall–Kier alpha value is -3.08. The topological polar surface area (TPSA) is 42.0 Å². The Morgan fingerprint density at radius 3 is 2.42 bits per heavy atom. The van der Waals surface area contributed by atoms with Crippen LogP contribution in [0.3, 0.4) is 0 Å². The lowest BCUT2D eigenvalue weighted by atomic mass is 10.0. The summed E-state index contributed by atoms with van der Waals surface area (Å²) in [6, 6.07) is 12.3. The third-order valence-electron chi connectivity index (χ3n) is 4.27. The molecule has 0 radical (unpaired) electrons. The number of nitrogens with one attached hydrogen (secondary N) is 1. The van der Waals surface area contributed by atoms with E-state index in [1.807, 2.05) is 25.1 Å². The average Bonchev–Trinajstić information content (AvgIpc) is 2.64. The normalized spacial score (nSPS) is 11.8. The van der Waals surface area contributed by atoms with Gasteiger partial charge in [0, 0.05) is 18.0 Å². The van der Waals surface area contributed by atoms with E-state index in [9.17, 15) is 13.6 Å². The molecule has 1 heterocycles. The fourth-order valence-corrected chi connectivity index (χ4v) is 2.74. The third kappa shape index (κ3) is 3.77. The molecule has 0 saturated heterocycles. The van der Waals surface area contributed by atoms with E-state index in [4.69, 9.17) is 0 Å². The van der Waals surface area contributed by atoms with Gasteiger partial charge in [-0.3, -0.25) is 9.78 Å². The first-order valence-electron chi connectivity index (χ1n) is 8.22. The molecule has 0 bridgehead atoms. The van der Waals surface area contributed by atoms with Gasteiger partial charge >= 0.3 is 0 Å². The van der Waals surface area contributed by atoms with Crippen LogP contribution in [-0.4, -0.2) is 10.9 Å². The highest BCUT2D eigenvalue weighted by molar-refractivity contribution is 5.95. The van der Waals surface area contributed by atoms with Crippen LogP contribution in [0, 0.1) is 18.6 Å². The summed E-state index contributed by atoms with van der Waals surface area (Å²) in [6.45, 7) is 3.70. The Kier molecular flexibility index (Phi) is 5.07. The summed E-state index contributed by atoms with van der Waals surface area (Å²) in [5.74, 6) is -2.12. The Morgan fingerprint density at radius 1 is 1.04 bits per heavy atom. The van der Waals surface area contributed by atoms with Crippen LogP contribution in [0.1, 0.15) is 34.5 Å². The molecule has 1 atom stereocenters. The van der Waals surface area contributed by atoms with Gasteiger partial charge in [-0.1, -0.05) is 18.2 Å². The van der Waals surface area contributed by atoms with Gasteiger partial charge in [0.15, 0.2) is 11.6 Å². The molecule has 1 aromatic heterocycles. The monoisotopic (exact) mass is 352 g/mol. The number of aromatic nitrogens is 1. The molecule has 3 rings (SSSR count). The van der Waals surface area contributed by atoms with Crippen LogP contribution in [0.4, 0.5) is 8.78 Å². The molecule has 2 aromatic carbocycles. The first-order chi connectivity index (χ1) is 12.5. The molecule has 0 aliphatic heterocycles. The fourth-order valence-electron chi connectivity index (χ4n) is 2.74. The Balaban J connectivity index is 1.74. The minimum absolute atomic E-state index is 0.278. The summed E-state index contributed by atoms with van der Waals surface area (Å²) in [5, 5.41) is 2.79. The maximum absolute atomic E-state index is 13.3. The van der Waals surface area contributed by atoms with Gasteiger partial charge < -0.3 is 5.32 Å². The van der Waals surface area contributed by atoms with E-state index in [-0.39, 0.29) is 5.91 Å². The Bertz CT molecular complexity index is 939. The summed E-state index contributed by atoms with van der Waals surface area (Å²) >= 11 is 0. The van der Waals surface area contributed by atoms with Crippen LogP contribution in [0.15, 0.2) is 60.9 Å². The molecular formula is C21H18F2N2O. The molecule has 0 saturated carbocycles. The van der Waals surface area contributed by atoms with Crippen LogP contribution in [0.5, 0.6) is 0 Å². The van der Waals surface area contributed by atoms with Crippen LogP contribution < -0.4 is 5.32 Å². The number of hydrogen-bond acceptors (Lipinski definition) is 2. The molecule has 0 spiro atoms. The number of hydrogen-bond donors (Lipinski definition) is 1. The van der Waals surface area contributed by atoms with Gasteiger partial charge in [0.1, 0.15) is 0 Å². The van der Waals surface area contributed by atoms with Gasteiger partial charge in [-0.25, -0.2) is 8.78 Å². The Labute approximate surface area is 150 Å². The summed E-state index contributed by atoms with van der Waals surface area (Å²) in [5.41, 5.74) is 4.10. The third-order valence-corrected chi connectivity index (χ3v) is 4.27. The predicted octanol–water partition coefficient (Wildman–Crippen LogP) is 4.83. The molecule has 3 aromatic rings. The smallest absolute Gasteiger partial charge is 0.251 e. The molecule has 3 nitrogen and oxygen atoms in total. The van der Waals surface area contributed by atoms with Crippen molar-refractivity contribution in [3.8, 4) is 11.1 Å². The quantitative estimate of drug-likeness (QED) is 0.731. The van der Waals surface area contributed by atoms with Crippen LogP contribution in [0.2, 0.25) is 0 Å². The van der Waals surface area contributed by atoms with E-state index < -0.39 is 17.7 Å². The minimum Gasteiger partial charge on any atom is -0.346 e. The number of carbonyl (C=O) groups is 1. The summed E-state index contributed by atoms with van der Waals surface area (Å²) in [6.07, 6.45) is 3.52. The molecule has 0 aliphatic carbocycles. The average molecular weight is 352 g/mol. The maximum Gasteiger partial charge on any atom is 0.251 e. The maximum atomic E-state index is 13.3. The zero-order chi connectivity index (χ0) is 18.7. The zero-order valence-corrected chi connectivity index (χ0v) is 14.5. The van der Waals surface area contributed by atoms with Crippen molar-refractivity contribution in [3.05, 3.63) is 89.2 Å². The highest BCUT2D eigenvalue weighted by Crippen LogP contribution is 2.23. The van der Waals surface area contributed by atoms with Crippen LogP contribution in [-0.2, 0) is 0 Å². The van der Waals surface area contributed by atoms with Crippen molar-refractivity contribution in [3.63, 3.8) is 0 Å². The van der Waals surface area contributed by atoms with E-state index in [2.05, 4.69) is 10.3 Å². The molecule has 0 fully saturated rings. The summed E-state index contributed by atoms with van der Waals surface area (Å²) in [4.78, 5) is 16.5. The number of nitrogens with zero attached hydrogens (tertiary/aromatic N) is 1. The fraction of sp³-hybridized carbons (Fsp3) is 0.143. The molecule has 132 valence electrons. The zero-order valence-electron chi connectivity index (χ0n) is 14.5. The number of pyridine rings is 1.